The van der Waals surface area contributed by atoms with Crippen molar-refractivity contribution in [3.63, 3.8) is 0 Å². The van der Waals surface area contributed by atoms with Gasteiger partial charge >= 0.3 is 0 Å². The van der Waals surface area contributed by atoms with Gasteiger partial charge in [0.25, 0.3) is 5.91 Å². The lowest BCUT2D eigenvalue weighted by Gasteiger charge is -2.28. The van der Waals surface area contributed by atoms with Gasteiger partial charge < -0.3 is 29.9 Å². The molecule has 7 nitrogen and oxygen atoms in total. The number of nitrogens with one attached hydrogen (secondary N) is 1. The quantitative estimate of drug-likeness (QED) is 0.626. The van der Waals surface area contributed by atoms with Crippen LogP contribution in [0.2, 0.25) is 0 Å². The normalized spacial score (nSPS) is 19.5. The van der Waals surface area contributed by atoms with Crippen molar-refractivity contribution in [2.45, 2.75) is 31.4 Å². The molecule has 0 saturated carbocycles. The van der Waals surface area contributed by atoms with Gasteiger partial charge in [0.2, 0.25) is 0 Å². The van der Waals surface area contributed by atoms with Crippen LogP contribution in [0.1, 0.15) is 29.2 Å². The molecule has 7 heteroatoms. The van der Waals surface area contributed by atoms with Crippen LogP contribution in [-0.2, 0) is 22.4 Å². The SMILES string of the molecule is O=C(COc1ccc2c(c1)C[C@@H](NCC(O)c1ccc(O)cc1)CC2)N1CCOCC1. The van der Waals surface area contributed by atoms with Crippen molar-refractivity contribution in [1.82, 2.24) is 10.2 Å². The average Bonchev–Trinajstić information content (AvgIpc) is 2.81. The first kappa shape index (κ1) is 21.6. The van der Waals surface area contributed by atoms with E-state index in [1.165, 1.54) is 11.1 Å². The Morgan fingerprint density at radius 3 is 2.71 bits per heavy atom. The summed E-state index contributed by atoms with van der Waals surface area (Å²) in [7, 11) is 0. The first-order valence-electron chi connectivity index (χ1n) is 10.9. The summed E-state index contributed by atoms with van der Waals surface area (Å²) in [5.74, 6) is 0.895. The number of carbonyl (C=O) groups is 1. The van der Waals surface area contributed by atoms with Crippen molar-refractivity contribution in [2.24, 2.45) is 0 Å². The molecular formula is C24H30N2O5. The number of fused-ring (bicyclic) bond motifs is 1. The van der Waals surface area contributed by atoms with Gasteiger partial charge in [-0.25, -0.2) is 0 Å². The van der Waals surface area contributed by atoms with E-state index in [0.29, 0.717) is 38.6 Å². The summed E-state index contributed by atoms with van der Waals surface area (Å²) in [6, 6.07) is 13.0. The molecule has 1 heterocycles. The number of aromatic hydroxyl groups is 1. The maximum Gasteiger partial charge on any atom is 0.260 e. The van der Waals surface area contributed by atoms with Crippen LogP contribution in [0, 0.1) is 0 Å². The highest BCUT2D eigenvalue weighted by Crippen LogP contribution is 2.26. The van der Waals surface area contributed by atoms with Crippen LogP contribution < -0.4 is 10.1 Å². The number of rotatable bonds is 7. The monoisotopic (exact) mass is 426 g/mol. The molecule has 1 fully saturated rings. The smallest absolute Gasteiger partial charge is 0.260 e. The minimum absolute atomic E-state index is 0.0104. The number of aliphatic hydroxyl groups is 1. The number of benzene rings is 2. The Morgan fingerprint density at radius 1 is 1.16 bits per heavy atom. The van der Waals surface area contributed by atoms with Gasteiger partial charge in [0.05, 0.1) is 19.3 Å². The van der Waals surface area contributed by atoms with E-state index in [1.54, 1.807) is 29.2 Å². The Morgan fingerprint density at radius 2 is 1.94 bits per heavy atom. The van der Waals surface area contributed by atoms with Gasteiger partial charge in [-0.1, -0.05) is 18.2 Å². The summed E-state index contributed by atoms with van der Waals surface area (Å²) in [4.78, 5) is 14.1. The molecule has 4 rings (SSSR count). The Hall–Kier alpha value is -2.61. The van der Waals surface area contributed by atoms with Gasteiger partial charge in [-0.15, -0.1) is 0 Å². The Labute approximate surface area is 182 Å². The van der Waals surface area contributed by atoms with Crippen molar-refractivity contribution in [1.29, 1.82) is 0 Å². The Balaban J connectivity index is 1.28. The molecule has 166 valence electrons. The Kier molecular flexibility index (Phi) is 7.06. The van der Waals surface area contributed by atoms with Gasteiger partial charge in [0.1, 0.15) is 11.5 Å². The van der Waals surface area contributed by atoms with Gasteiger partial charge in [-0.3, -0.25) is 4.79 Å². The lowest BCUT2D eigenvalue weighted by Crippen LogP contribution is -2.43. The number of hydrogen-bond donors (Lipinski definition) is 3. The summed E-state index contributed by atoms with van der Waals surface area (Å²) >= 11 is 0. The van der Waals surface area contributed by atoms with E-state index in [2.05, 4.69) is 11.4 Å². The average molecular weight is 427 g/mol. The standard InChI is InChI=1S/C24H30N2O5/c27-21-6-2-18(3-7-21)23(28)15-25-20-5-1-17-4-8-22(14-19(17)13-20)31-16-24(29)26-9-11-30-12-10-26/h2-4,6-8,14,20,23,25,27-28H,1,5,9-13,15-16H2/t20-,23?/m0/s1. The fraction of sp³-hybridized carbons (Fsp3) is 0.458. The summed E-state index contributed by atoms with van der Waals surface area (Å²) in [6.07, 6.45) is 2.20. The molecular weight excluding hydrogens is 396 g/mol. The maximum atomic E-state index is 12.3. The number of amides is 1. The molecule has 31 heavy (non-hydrogen) atoms. The second kappa shape index (κ2) is 10.1. The summed E-state index contributed by atoms with van der Waals surface area (Å²) in [5.41, 5.74) is 3.31. The van der Waals surface area contributed by atoms with E-state index in [1.807, 2.05) is 12.1 Å². The summed E-state index contributed by atoms with van der Waals surface area (Å²) in [6.45, 7) is 2.90. The first-order chi connectivity index (χ1) is 15.1. The number of aryl methyl sites for hydroxylation is 1. The van der Waals surface area contributed by atoms with Gasteiger partial charge in [0, 0.05) is 25.7 Å². The molecule has 2 aromatic carbocycles. The zero-order valence-corrected chi connectivity index (χ0v) is 17.6. The molecule has 1 aliphatic carbocycles. The van der Waals surface area contributed by atoms with Crippen molar-refractivity contribution in [2.75, 3.05) is 39.5 Å². The van der Waals surface area contributed by atoms with E-state index in [9.17, 15) is 15.0 Å². The number of carbonyl (C=O) groups excluding carboxylic acids is 1. The predicted molar refractivity (Wildman–Crippen MR) is 116 cm³/mol. The van der Waals surface area contributed by atoms with E-state index in [4.69, 9.17) is 9.47 Å². The van der Waals surface area contributed by atoms with E-state index < -0.39 is 6.10 Å². The molecule has 1 aliphatic heterocycles. The molecule has 0 spiro atoms. The van der Waals surface area contributed by atoms with Crippen LogP contribution in [0.4, 0.5) is 0 Å². The highest BCUT2D eigenvalue weighted by molar-refractivity contribution is 5.77. The molecule has 0 radical (unpaired) electrons. The summed E-state index contributed by atoms with van der Waals surface area (Å²) < 4.78 is 11.1. The van der Waals surface area contributed by atoms with Crippen LogP contribution in [-0.4, -0.2) is 66.5 Å². The molecule has 3 N–H and O–H groups in total. The van der Waals surface area contributed by atoms with Gasteiger partial charge in [-0.05, 0) is 60.2 Å². The molecule has 2 aliphatic rings. The number of hydrogen-bond acceptors (Lipinski definition) is 6. The van der Waals surface area contributed by atoms with E-state index in [-0.39, 0.29) is 24.3 Å². The molecule has 1 unspecified atom stereocenters. The molecule has 1 saturated heterocycles. The van der Waals surface area contributed by atoms with E-state index in [0.717, 1.165) is 24.8 Å². The van der Waals surface area contributed by atoms with Crippen molar-refractivity contribution in [3.05, 3.63) is 59.2 Å². The second-order valence-electron chi connectivity index (χ2n) is 8.17. The minimum atomic E-state index is -0.622. The van der Waals surface area contributed by atoms with Gasteiger partial charge in [0.15, 0.2) is 6.61 Å². The number of phenols is 1. The molecule has 2 atom stereocenters. The van der Waals surface area contributed by atoms with E-state index >= 15 is 0 Å². The lowest BCUT2D eigenvalue weighted by atomic mass is 9.88. The number of phenolic OH excluding ortho intramolecular Hbond substituents is 1. The number of ether oxygens (including phenoxy) is 2. The van der Waals surface area contributed by atoms with Gasteiger partial charge in [-0.2, -0.15) is 0 Å². The first-order valence-corrected chi connectivity index (χ1v) is 10.9. The maximum absolute atomic E-state index is 12.3. The molecule has 1 amide bonds. The highest BCUT2D eigenvalue weighted by Gasteiger charge is 2.21. The minimum Gasteiger partial charge on any atom is -0.508 e. The fourth-order valence-electron chi connectivity index (χ4n) is 4.14. The third kappa shape index (κ3) is 5.76. The zero-order chi connectivity index (χ0) is 21.6. The van der Waals surface area contributed by atoms with Crippen molar-refractivity contribution < 1.29 is 24.5 Å². The predicted octanol–water partition coefficient (Wildman–Crippen LogP) is 1.81. The lowest BCUT2D eigenvalue weighted by molar-refractivity contribution is -0.137. The zero-order valence-electron chi connectivity index (χ0n) is 17.6. The van der Waals surface area contributed by atoms with Crippen LogP contribution in [0.3, 0.4) is 0 Å². The Bertz CT molecular complexity index is 880. The number of morpholine rings is 1. The number of aliphatic hydroxyl groups excluding tert-OH is 1. The molecule has 0 bridgehead atoms. The number of nitrogens with zero attached hydrogens (tertiary/aromatic N) is 1. The van der Waals surface area contributed by atoms with Crippen molar-refractivity contribution >= 4 is 5.91 Å². The van der Waals surface area contributed by atoms with Crippen molar-refractivity contribution in [3.8, 4) is 11.5 Å². The largest absolute Gasteiger partial charge is 0.508 e. The second-order valence-corrected chi connectivity index (χ2v) is 8.17. The summed E-state index contributed by atoms with van der Waals surface area (Å²) in [5, 5.41) is 23.3. The topological polar surface area (TPSA) is 91.3 Å². The molecule has 0 aromatic heterocycles. The van der Waals surface area contributed by atoms with Crippen LogP contribution >= 0.6 is 0 Å². The third-order valence-electron chi connectivity index (χ3n) is 6.01. The third-order valence-corrected chi connectivity index (χ3v) is 6.01. The molecule has 2 aromatic rings. The van der Waals surface area contributed by atoms with Crippen LogP contribution in [0.5, 0.6) is 11.5 Å². The van der Waals surface area contributed by atoms with Crippen LogP contribution in [0.15, 0.2) is 42.5 Å². The van der Waals surface area contributed by atoms with Crippen LogP contribution in [0.25, 0.3) is 0 Å². The fourth-order valence-corrected chi connectivity index (χ4v) is 4.14. The highest BCUT2D eigenvalue weighted by atomic mass is 16.5.